The minimum absolute atomic E-state index is 0.0684. The maximum Gasteiger partial charge on any atom is 0.245 e. The predicted octanol–water partition coefficient (Wildman–Crippen LogP) is 2.96. The van der Waals surface area contributed by atoms with Crippen LogP contribution in [0.5, 0.6) is 5.75 Å². The zero-order valence-electron chi connectivity index (χ0n) is 14.2. The van der Waals surface area contributed by atoms with Gasteiger partial charge in [0, 0.05) is 28.7 Å². The summed E-state index contributed by atoms with van der Waals surface area (Å²) in [5.41, 5.74) is 4.06. The highest BCUT2D eigenvalue weighted by Gasteiger charge is 2.35. The van der Waals surface area contributed by atoms with E-state index in [4.69, 9.17) is 4.74 Å². The summed E-state index contributed by atoms with van der Waals surface area (Å²) in [4.78, 5) is 26.2. The number of anilines is 1. The highest BCUT2D eigenvalue weighted by Crippen LogP contribution is 2.26. The highest BCUT2D eigenvalue weighted by atomic mass is 79.9. The lowest BCUT2D eigenvalue weighted by atomic mass is 10.1. The van der Waals surface area contributed by atoms with Crippen LogP contribution in [-0.2, 0) is 9.59 Å². The minimum atomic E-state index is -0.430. The van der Waals surface area contributed by atoms with E-state index in [9.17, 15) is 9.59 Å². The van der Waals surface area contributed by atoms with Crippen LogP contribution < -0.4 is 15.1 Å². The first-order valence-electron chi connectivity index (χ1n) is 8.10. The number of para-hydroxylation sites is 1. The van der Waals surface area contributed by atoms with Crippen molar-refractivity contribution in [3.05, 3.63) is 58.6 Å². The lowest BCUT2D eigenvalue weighted by Gasteiger charge is -2.16. The standard InChI is InChI=1S/C19H18BrN3O3/c1-26-17-5-3-2-4-13(17)11-21-22-19(25)14-10-18(24)23(12-14)16-8-6-15(20)7-9-16/h2-9,11,14H,10,12H2,1H3,(H,22,25)/b21-11-/t14-/m0/s1. The van der Waals surface area contributed by atoms with Crippen molar-refractivity contribution in [3.8, 4) is 5.75 Å². The van der Waals surface area contributed by atoms with Gasteiger partial charge in [-0.15, -0.1) is 0 Å². The quantitative estimate of drug-likeness (QED) is 0.602. The molecule has 1 N–H and O–H groups in total. The second-order valence-electron chi connectivity index (χ2n) is 5.86. The Bertz CT molecular complexity index is 836. The van der Waals surface area contributed by atoms with E-state index in [1.54, 1.807) is 12.0 Å². The molecule has 0 spiro atoms. The average Bonchev–Trinajstić information content (AvgIpc) is 3.04. The van der Waals surface area contributed by atoms with Crippen LogP contribution in [-0.4, -0.2) is 31.7 Å². The number of benzene rings is 2. The first kappa shape index (κ1) is 18.1. The number of carbonyl (C=O) groups excluding carboxylic acids is 2. The zero-order valence-corrected chi connectivity index (χ0v) is 15.8. The SMILES string of the molecule is COc1ccccc1/C=N\NC(=O)[C@H]1CC(=O)N(c2ccc(Br)cc2)C1. The van der Waals surface area contributed by atoms with E-state index in [2.05, 4.69) is 26.5 Å². The summed E-state index contributed by atoms with van der Waals surface area (Å²) < 4.78 is 6.17. The van der Waals surface area contributed by atoms with Gasteiger partial charge in [0.05, 0.1) is 19.2 Å². The molecule has 1 fully saturated rings. The number of hydrazone groups is 1. The average molecular weight is 416 g/mol. The molecule has 1 atom stereocenters. The Labute approximate surface area is 160 Å². The Balaban J connectivity index is 1.61. The molecule has 1 aliphatic rings. The van der Waals surface area contributed by atoms with Crippen LogP contribution in [0, 0.1) is 5.92 Å². The Hall–Kier alpha value is -2.67. The van der Waals surface area contributed by atoms with Gasteiger partial charge < -0.3 is 9.64 Å². The van der Waals surface area contributed by atoms with E-state index < -0.39 is 5.92 Å². The van der Waals surface area contributed by atoms with Crippen LogP contribution in [0.25, 0.3) is 0 Å². The van der Waals surface area contributed by atoms with Gasteiger partial charge in [-0.3, -0.25) is 9.59 Å². The molecule has 2 aromatic carbocycles. The summed E-state index contributed by atoms with van der Waals surface area (Å²) in [6.45, 7) is 0.344. The Morgan fingerprint density at radius 1 is 1.27 bits per heavy atom. The molecular formula is C19H18BrN3O3. The van der Waals surface area contributed by atoms with E-state index >= 15 is 0 Å². The van der Waals surface area contributed by atoms with Crippen LogP contribution in [0.1, 0.15) is 12.0 Å². The number of amides is 2. The fourth-order valence-corrected chi connectivity index (χ4v) is 3.05. The molecule has 1 aliphatic heterocycles. The molecule has 1 saturated heterocycles. The van der Waals surface area contributed by atoms with Gasteiger partial charge in [0.2, 0.25) is 11.8 Å². The molecule has 0 bridgehead atoms. The van der Waals surface area contributed by atoms with Crippen LogP contribution in [0.4, 0.5) is 5.69 Å². The van der Waals surface area contributed by atoms with Crippen LogP contribution >= 0.6 is 15.9 Å². The minimum Gasteiger partial charge on any atom is -0.496 e. The van der Waals surface area contributed by atoms with Gasteiger partial charge in [-0.1, -0.05) is 28.1 Å². The number of rotatable bonds is 5. The van der Waals surface area contributed by atoms with E-state index in [1.165, 1.54) is 6.21 Å². The summed E-state index contributed by atoms with van der Waals surface area (Å²) in [6, 6.07) is 14.8. The zero-order chi connectivity index (χ0) is 18.5. The van der Waals surface area contributed by atoms with Crippen molar-refractivity contribution in [1.82, 2.24) is 5.43 Å². The predicted molar refractivity (Wildman–Crippen MR) is 103 cm³/mol. The topological polar surface area (TPSA) is 71.0 Å². The van der Waals surface area contributed by atoms with Gasteiger partial charge in [0.1, 0.15) is 5.75 Å². The van der Waals surface area contributed by atoms with Crippen LogP contribution in [0.3, 0.4) is 0 Å². The van der Waals surface area contributed by atoms with Crippen LogP contribution in [0.15, 0.2) is 58.1 Å². The number of nitrogens with one attached hydrogen (secondary N) is 1. The van der Waals surface area contributed by atoms with Gasteiger partial charge in [-0.05, 0) is 36.4 Å². The largest absolute Gasteiger partial charge is 0.496 e. The van der Waals surface area contributed by atoms with Crippen molar-refractivity contribution in [1.29, 1.82) is 0 Å². The summed E-state index contributed by atoms with van der Waals surface area (Å²) in [6.07, 6.45) is 1.70. The maximum atomic E-state index is 12.3. The molecule has 0 saturated carbocycles. The van der Waals surface area contributed by atoms with Crippen molar-refractivity contribution in [2.45, 2.75) is 6.42 Å². The summed E-state index contributed by atoms with van der Waals surface area (Å²) >= 11 is 3.37. The van der Waals surface area contributed by atoms with Gasteiger partial charge in [0.15, 0.2) is 0 Å². The molecule has 0 aliphatic carbocycles. The van der Waals surface area contributed by atoms with Gasteiger partial charge in [0.25, 0.3) is 0 Å². The maximum absolute atomic E-state index is 12.3. The third-order valence-electron chi connectivity index (χ3n) is 4.15. The van der Waals surface area contributed by atoms with E-state index in [1.807, 2.05) is 48.5 Å². The lowest BCUT2D eigenvalue weighted by molar-refractivity contribution is -0.126. The molecule has 2 amide bonds. The second kappa shape index (κ2) is 8.14. The molecule has 1 heterocycles. The second-order valence-corrected chi connectivity index (χ2v) is 6.77. The third-order valence-corrected chi connectivity index (χ3v) is 4.68. The molecule has 6 nitrogen and oxygen atoms in total. The molecule has 0 aromatic heterocycles. The number of hydrogen-bond donors (Lipinski definition) is 1. The van der Waals surface area contributed by atoms with E-state index in [0.29, 0.717) is 12.3 Å². The van der Waals surface area contributed by atoms with Gasteiger partial charge in [-0.2, -0.15) is 5.10 Å². The monoisotopic (exact) mass is 415 g/mol. The number of nitrogens with zero attached hydrogens (tertiary/aromatic N) is 2. The highest BCUT2D eigenvalue weighted by molar-refractivity contribution is 9.10. The smallest absolute Gasteiger partial charge is 0.245 e. The van der Waals surface area contributed by atoms with Crippen LogP contribution in [0.2, 0.25) is 0 Å². The molecule has 0 unspecified atom stereocenters. The normalized spacial score (nSPS) is 16.9. The number of halogens is 1. The number of hydrogen-bond acceptors (Lipinski definition) is 4. The first-order chi connectivity index (χ1) is 12.6. The molecule has 7 heteroatoms. The summed E-state index contributed by atoms with van der Waals surface area (Å²) in [7, 11) is 1.58. The number of carbonyl (C=O) groups is 2. The van der Waals surface area contributed by atoms with Crippen molar-refractivity contribution in [2.24, 2.45) is 11.0 Å². The molecule has 0 radical (unpaired) electrons. The van der Waals surface area contributed by atoms with Crippen molar-refractivity contribution in [2.75, 3.05) is 18.6 Å². The first-order valence-corrected chi connectivity index (χ1v) is 8.89. The molecule has 3 rings (SSSR count). The summed E-state index contributed by atoms with van der Waals surface area (Å²) in [5.74, 6) is -0.103. The lowest BCUT2D eigenvalue weighted by Crippen LogP contribution is -2.30. The molecule has 134 valence electrons. The van der Waals surface area contributed by atoms with Gasteiger partial charge in [-0.25, -0.2) is 5.43 Å². The Kier molecular flexibility index (Phi) is 5.68. The fourth-order valence-electron chi connectivity index (χ4n) is 2.78. The van der Waals surface area contributed by atoms with Crippen molar-refractivity contribution < 1.29 is 14.3 Å². The number of ether oxygens (including phenoxy) is 1. The molecular weight excluding hydrogens is 398 g/mol. The van der Waals surface area contributed by atoms with Crippen molar-refractivity contribution >= 4 is 39.6 Å². The van der Waals surface area contributed by atoms with E-state index in [0.717, 1.165) is 15.7 Å². The fraction of sp³-hybridized carbons (Fsp3) is 0.211. The number of methoxy groups -OCH3 is 1. The third kappa shape index (κ3) is 4.11. The molecule has 26 heavy (non-hydrogen) atoms. The van der Waals surface area contributed by atoms with Crippen molar-refractivity contribution in [3.63, 3.8) is 0 Å². The summed E-state index contributed by atoms with van der Waals surface area (Å²) in [5, 5.41) is 3.99. The van der Waals surface area contributed by atoms with E-state index in [-0.39, 0.29) is 18.2 Å². The Morgan fingerprint density at radius 2 is 2.00 bits per heavy atom. The molecule has 2 aromatic rings. The Morgan fingerprint density at radius 3 is 2.73 bits per heavy atom. The van der Waals surface area contributed by atoms with Gasteiger partial charge >= 0.3 is 0 Å².